The van der Waals surface area contributed by atoms with E-state index in [-0.39, 0.29) is 5.43 Å². The van der Waals surface area contributed by atoms with E-state index in [0.29, 0.717) is 57.4 Å². The molecule has 0 atom stereocenters. The van der Waals surface area contributed by atoms with E-state index in [9.17, 15) is 4.79 Å². The molecule has 0 fully saturated rings. The van der Waals surface area contributed by atoms with E-state index in [0.717, 1.165) is 12.1 Å². The van der Waals surface area contributed by atoms with Gasteiger partial charge in [-0.3, -0.25) is 4.79 Å². The Morgan fingerprint density at radius 1 is 0.970 bits per heavy atom. The van der Waals surface area contributed by atoms with E-state index in [2.05, 4.69) is 4.98 Å². The van der Waals surface area contributed by atoms with E-state index in [4.69, 9.17) is 23.4 Å². The highest BCUT2D eigenvalue weighted by Gasteiger charge is 2.15. The Balaban J connectivity index is 1.74. The van der Waals surface area contributed by atoms with Crippen LogP contribution in [0.1, 0.15) is 5.56 Å². The topological polar surface area (TPSA) is 83.3 Å². The van der Waals surface area contributed by atoms with Crippen molar-refractivity contribution in [1.29, 1.82) is 0 Å². The third-order valence-corrected chi connectivity index (χ3v) is 5.09. The molecule has 4 rings (SSSR count). The number of benzene rings is 2. The van der Waals surface area contributed by atoms with Crippen LogP contribution < -0.4 is 24.4 Å². The lowest BCUT2D eigenvalue weighted by molar-refractivity contribution is 0.261. The smallest absolute Gasteiger partial charge is 0.256 e. The van der Waals surface area contributed by atoms with Gasteiger partial charge in [0.15, 0.2) is 17.1 Å². The number of hydrogen-bond acceptors (Lipinski definition) is 8. The molecule has 8 heteroatoms. The van der Waals surface area contributed by atoms with E-state index >= 15 is 0 Å². The van der Waals surface area contributed by atoms with Crippen molar-refractivity contribution in [3.8, 4) is 28.9 Å². The summed E-state index contributed by atoms with van der Waals surface area (Å²) >= 11 is 0. The molecule has 0 saturated heterocycles. The number of aryl methyl sites for hydroxylation is 1. The van der Waals surface area contributed by atoms with Crippen molar-refractivity contribution in [2.24, 2.45) is 0 Å². The molecule has 0 radical (unpaired) electrons. The number of hydrogen-bond donors (Lipinski definition) is 0. The number of aromatic nitrogens is 1. The molecule has 0 aliphatic rings. The largest absolute Gasteiger partial charge is 0.491 e. The minimum Gasteiger partial charge on any atom is -0.491 e. The molecule has 0 N–H and O–H groups in total. The zero-order chi connectivity index (χ0) is 23.5. The molecule has 0 aliphatic heterocycles. The highest BCUT2D eigenvalue weighted by molar-refractivity contribution is 5.93. The molecule has 8 nitrogen and oxygen atoms in total. The van der Waals surface area contributed by atoms with Crippen molar-refractivity contribution in [3.05, 3.63) is 58.4 Å². The van der Waals surface area contributed by atoms with Crippen LogP contribution in [0.15, 0.2) is 51.8 Å². The first-order valence-corrected chi connectivity index (χ1v) is 10.4. The van der Waals surface area contributed by atoms with Crippen LogP contribution >= 0.6 is 0 Å². The van der Waals surface area contributed by atoms with Gasteiger partial charge < -0.3 is 28.3 Å². The normalized spacial score (nSPS) is 11.2. The summed E-state index contributed by atoms with van der Waals surface area (Å²) in [7, 11) is 6.99. The fourth-order valence-corrected chi connectivity index (χ4v) is 3.46. The first-order valence-electron chi connectivity index (χ1n) is 10.4. The molecule has 0 unspecified atom stereocenters. The third kappa shape index (κ3) is 4.70. The lowest BCUT2D eigenvalue weighted by atomic mass is 10.1. The van der Waals surface area contributed by atoms with Crippen LogP contribution in [0.25, 0.3) is 21.9 Å². The van der Waals surface area contributed by atoms with E-state index in [1.165, 1.54) is 20.4 Å². The lowest BCUT2D eigenvalue weighted by Gasteiger charge is -2.13. The van der Waals surface area contributed by atoms with Crippen molar-refractivity contribution >= 4 is 21.9 Å². The maximum absolute atomic E-state index is 13.2. The molecule has 33 heavy (non-hydrogen) atoms. The average molecular weight is 450 g/mol. The molecule has 0 aliphatic carbocycles. The summed E-state index contributed by atoms with van der Waals surface area (Å²) < 4.78 is 28.5. The monoisotopic (exact) mass is 450 g/mol. The molecule has 0 spiro atoms. The van der Waals surface area contributed by atoms with Gasteiger partial charge in [-0.1, -0.05) is 0 Å². The van der Waals surface area contributed by atoms with Crippen molar-refractivity contribution < 1.29 is 23.4 Å². The summed E-state index contributed by atoms with van der Waals surface area (Å²) in [5.41, 5.74) is 1.63. The third-order valence-electron chi connectivity index (χ3n) is 5.09. The molecule has 2 heterocycles. The molecule has 2 aromatic carbocycles. The summed E-state index contributed by atoms with van der Waals surface area (Å²) in [6.07, 6.45) is 1.53. The minimum absolute atomic E-state index is 0.119. The van der Waals surface area contributed by atoms with Crippen LogP contribution in [-0.4, -0.2) is 51.4 Å². The first-order chi connectivity index (χ1) is 15.9. The van der Waals surface area contributed by atoms with Gasteiger partial charge in [0.05, 0.1) is 31.2 Å². The summed E-state index contributed by atoms with van der Waals surface area (Å²) in [5, 5.41) is 0.949. The Kier molecular flexibility index (Phi) is 6.37. The van der Waals surface area contributed by atoms with Crippen LogP contribution in [0.2, 0.25) is 0 Å². The Morgan fingerprint density at radius 2 is 1.79 bits per heavy atom. The van der Waals surface area contributed by atoms with Crippen molar-refractivity contribution in [2.75, 3.05) is 41.5 Å². The second-order valence-electron chi connectivity index (χ2n) is 7.87. The Bertz CT molecular complexity index is 1360. The molecular weight excluding hydrogens is 424 g/mol. The van der Waals surface area contributed by atoms with E-state index < -0.39 is 0 Å². The maximum Gasteiger partial charge on any atom is 0.256 e. The number of pyridine rings is 1. The predicted molar refractivity (Wildman–Crippen MR) is 126 cm³/mol. The standard InChI is InChI=1S/C25H26N2O6/c1-15-10-19-23(28)18-7-6-16(32-17-13-22(29-4)25(30-5)26-14-17)12-20(18)33-24(19)21(11-15)31-9-8-27(2)3/h6-7,10-14H,8-9H2,1-5H3. The van der Waals surface area contributed by atoms with Gasteiger partial charge in [-0.2, -0.15) is 0 Å². The van der Waals surface area contributed by atoms with Gasteiger partial charge in [0, 0.05) is 18.7 Å². The SMILES string of the molecule is COc1cc(Oc2ccc3c(=O)c4cc(C)cc(OCCN(C)C)c4oc3c2)cnc1OC. The highest BCUT2D eigenvalue weighted by atomic mass is 16.5. The summed E-state index contributed by atoms with van der Waals surface area (Å²) in [6, 6.07) is 10.5. The van der Waals surface area contributed by atoms with Crippen LogP contribution in [-0.2, 0) is 0 Å². The number of likely N-dealkylation sites (N-methyl/N-ethyl adjacent to an activating group) is 1. The van der Waals surface area contributed by atoms with Gasteiger partial charge >= 0.3 is 0 Å². The summed E-state index contributed by atoms with van der Waals surface area (Å²) in [4.78, 5) is 19.4. The number of ether oxygens (including phenoxy) is 4. The minimum atomic E-state index is -0.119. The van der Waals surface area contributed by atoms with Crippen LogP contribution in [0.4, 0.5) is 0 Å². The van der Waals surface area contributed by atoms with Crippen LogP contribution in [0, 0.1) is 6.92 Å². The van der Waals surface area contributed by atoms with Crippen LogP contribution in [0.5, 0.6) is 28.9 Å². The van der Waals surface area contributed by atoms with Gasteiger partial charge in [0.2, 0.25) is 5.43 Å². The first kappa shape index (κ1) is 22.4. The fraction of sp³-hybridized carbons (Fsp3) is 0.280. The number of methoxy groups -OCH3 is 2. The predicted octanol–water partition coefficient (Wildman–Crippen LogP) is 4.40. The molecule has 0 saturated carbocycles. The van der Waals surface area contributed by atoms with Crippen LogP contribution in [0.3, 0.4) is 0 Å². The Labute approximate surface area is 191 Å². The number of nitrogens with zero attached hydrogens (tertiary/aromatic N) is 2. The quantitative estimate of drug-likeness (QED) is 0.365. The second-order valence-corrected chi connectivity index (χ2v) is 7.87. The van der Waals surface area contributed by atoms with Gasteiger partial charge in [0.25, 0.3) is 5.88 Å². The Morgan fingerprint density at radius 3 is 2.52 bits per heavy atom. The van der Waals surface area contributed by atoms with E-state index in [1.807, 2.05) is 38.1 Å². The number of fused-ring (bicyclic) bond motifs is 2. The highest BCUT2D eigenvalue weighted by Crippen LogP contribution is 2.33. The van der Waals surface area contributed by atoms with Crippen molar-refractivity contribution in [2.45, 2.75) is 6.92 Å². The van der Waals surface area contributed by atoms with Gasteiger partial charge in [-0.25, -0.2) is 4.98 Å². The molecular formula is C25H26N2O6. The summed E-state index contributed by atoms with van der Waals surface area (Å²) in [6.45, 7) is 3.14. The van der Waals surface area contributed by atoms with Gasteiger partial charge in [0.1, 0.15) is 23.7 Å². The molecule has 0 bridgehead atoms. The van der Waals surface area contributed by atoms with Crippen molar-refractivity contribution in [3.63, 3.8) is 0 Å². The molecule has 172 valence electrons. The molecule has 0 amide bonds. The van der Waals surface area contributed by atoms with E-state index in [1.54, 1.807) is 24.3 Å². The molecule has 2 aromatic heterocycles. The van der Waals surface area contributed by atoms with Crippen molar-refractivity contribution in [1.82, 2.24) is 9.88 Å². The van der Waals surface area contributed by atoms with Gasteiger partial charge in [-0.15, -0.1) is 0 Å². The number of rotatable bonds is 8. The fourth-order valence-electron chi connectivity index (χ4n) is 3.46. The second kappa shape index (κ2) is 9.38. The lowest BCUT2D eigenvalue weighted by Crippen LogP contribution is -2.19. The zero-order valence-corrected chi connectivity index (χ0v) is 19.3. The summed E-state index contributed by atoms with van der Waals surface area (Å²) in [5.74, 6) is 2.29. The van der Waals surface area contributed by atoms with Gasteiger partial charge in [-0.05, 0) is 50.8 Å². The maximum atomic E-state index is 13.2. The zero-order valence-electron chi connectivity index (χ0n) is 19.3. The average Bonchev–Trinajstić information content (AvgIpc) is 2.79. The Hall–Kier alpha value is -3.78. The molecule has 4 aromatic rings.